The van der Waals surface area contributed by atoms with Crippen LogP contribution in [0.15, 0.2) is 47.2 Å². The Morgan fingerprint density at radius 3 is 1.32 bits per heavy atom. The van der Waals surface area contributed by atoms with Crippen molar-refractivity contribution < 1.29 is 0 Å². The molecule has 1 aromatic carbocycles. The molecule has 0 unspecified atom stereocenters. The van der Waals surface area contributed by atoms with Crippen LogP contribution >= 0.6 is 68.0 Å². The quantitative estimate of drug-likeness (QED) is 0.0886. The highest BCUT2D eigenvalue weighted by Gasteiger charge is 2.26. The zero-order valence-electron chi connectivity index (χ0n) is 26.0. The molecule has 0 fully saturated rings. The van der Waals surface area contributed by atoms with Gasteiger partial charge >= 0.3 is 0 Å². The molecule has 44 heavy (non-hydrogen) atoms. The second-order valence-electron chi connectivity index (χ2n) is 12.2. The average molecular weight is 691 g/mol. The first-order chi connectivity index (χ1) is 21.8. The van der Waals surface area contributed by atoms with Crippen LogP contribution in [0, 0.1) is 0 Å². The molecule has 6 heteroatoms. The van der Waals surface area contributed by atoms with Gasteiger partial charge in [-0.05, 0) is 72.8 Å². The van der Waals surface area contributed by atoms with Crippen LogP contribution in [-0.2, 0) is 12.8 Å². The molecule has 0 atom stereocenters. The van der Waals surface area contributed by atoms with Crippen molar-refractivity contribution in [2.75, 3.05) is 0 Å². The van der Waals surface area contributed by atoms with Gasteiger partial charge in [-0.2, -0.15) is 0 Å². The molecule has 6 heterocycles. The van der Waals surface area contributed by atoms with Crippen LogP contribution in [0.3, 0.4) is 0 Å². The Labute approximate surface area is 286 Å². The minimum absolute atomic E-state index is 1.22. The largest absolute Gasteiger partial charge is 0.142 e. The van der Waals surface area contributed by atoms with Crippen molar-refractivity contribution in [1.82, 2.24) is 0 Å². The Kier molecular flexibility index (Phi) is 10.2. The maximum Gasteiger partial charge on any atom is 0.0536 e. The van der Waals surface area contributed by atoms with Gasteiger partial charge in [-0.15, -0.1) is 68.0 Å². The Balaban J connectivity index is 1.29. The van der Waals surface area contributed by atoms with E-state index in [-0.39, 0.29) is 0 Å². The van der Waals surface area contributed by atoms with Crippen molar-refractivity contribution in [2.45, 2.75) is 104 Å². The minimum atomic E-state index is 1.22. The summed E-state index contributed by atoms with van der Waals surface area (Å²) in [5.41, 5.74) is 3.01. The SMILES string of the molecule is CCCCCCCCc1ccc(-c2c3sc4ccsc4c3c(-c3ccc(CCCCCCCC)s3)c3sc4ccsc4c23)s1. The lowest BCUT2D eigenvalue weighted by atomic mass is 10.00. The summed E-state index contributed by atoms with van der Waals surface area (Å²) in [6.07, 6.45) is 18.7. The van der Waals surface area contributed by atoms with Crippen molar-refractivity contribution in [3.8, 4) is 20.9 Å². The van der Waals surface area contributed by atoms with E-state index in [1.54, 1.807) is 9.75 Å². The molecular weight excluding hydrogens is 649 g/mol. The van der Waals surface area contributed by atoms with Crippen LogP contribution in [0.25, 0.3) is 59.9 Å². The van der Waals surface area contributed by atoms with Crippen molar-refractivity contribution in [2.24, 2.45) is 0 Å². The van der Waals surface area contributed by atoms with E-state index >= 15 is 0 Å². The Morgan fingerprint density at radius 2 is 0.864 bits per heavy atom. The Bertz CT molecular complexity index is 1820. The highest BCUT2D eigenvalue weighted by atomic mass is 32.1. The molecule has 0 saturated carbocycles. The first-order valence-corrected chi connectivity index (χ1v) is 21.7. The third-order valence-electron chi connectivity index (χ3n) is 8.91. The molecule has 7 rings (SSSR count). The third kappa shape index (κ3) is 6.24. The van der Waals surface area contributed by atoms with Crippen LogP contribution in [0.1, 0.15) is 101 Å². The number of benzene rings is 1. The summed E-state index contributed by atoms with van der Waals surface area (Å²) in [7, 11) is 0. The summed E-state index contributed by atoms with van der Waals surface area (Å²) in [5.74, 6) is 0. The summed E-state index contributed by atoms with van der Waals surface area (Å²) in [4.78, 5) is 6.03. The van der Waals surface area contributed by atoms with Gasteiger partial charge in [0, 0.05) is 60.2 Å². The molecule has 230 valence electrons. The molecule has 7 aromatic rings. The number of fused-ring (bicyclic) bond motifs is 6. The van der Waals surface area contributed by atoms with Crippen LogP contribution in [0.4, 0.5) is 0 Å². The van der Waals surface area contributed by atoms with Gasteiger partial charge in [0.25, 0.3) is 0 Å². The van der Waals surface area contributed by atoms with Crippen LogP contribution in [-0.4, -0.2) is 0 Å². The van der Waals surface area contributed by atoms with Gasteiger partial charge in [-0.25, -0.2) is 0 Å². The van der Waals surface area contributed by atoms with E-state index < -0.39 is 0 Å². The third-order valence-corrected chi connectivity index (χ3v) is 15.7. The van der Waals surface area contributed by atoms with Gasteiger partial charge < -0.3 is 0 Å². The fraction of sp³-hybridized carbons (Fsp3) is 0.421. The summed E-state index contributed by atoms with van der Waals surface area (Å²) in [6.45, 7) is 4.61. The van der Waals surface area contributed by atoms with E-state index in [4.69, 9.17) is 0 Å². The van der Waals surface area contributed by atoms with Gasteiger partial charge in [0.05, 0.1) is 9.40 Å². The maximum absolute atomic E-state index is 2.44. The average Bonchev–Trinajstić information content (AvgIpc) is 3.86. The number of aryl methyl sites for hydroxylation is 2. The zero-order valence-corrected chi connectivity index (χ0v) is 30.9. The van der Waals surface area contributed by atoms with Crippen LogP contribution in [0.5, 0.6) is 0 Å². The molecule has 0 N–H and O–H groups in total. The molecule has 0 amide bonds. The van der Waals surface area contributed by atoms with Crippen LogP contribution < -0.4 is 0 Å². The number of thiophene rings is 6. The fourth-order valence-electron chi connectivity index (χ4n) is 6.60. The highest BCUT2D eigenvalue weighted by molar-refractivity contribution is 7.35. The van der Waals surface area contributed by atoms with Crippen molar-refractivity contribution in [3.63, 3.8) is 0 Å². The molecule has 0 nitrogen and oxygen atoms in total. The molecule has 0 aliphatic rings. The first kappa shape index (κ1) is 31.1. The topological polar surface area (TPSA) is 0 Å². The lowest BCUT2D eigenvalue weighted by molar-refractivity contribution is 0.609. The smallest absolute Gasteiger partial charge is 0.0536 e. The van der Waals surface area contributed by atoms with E-state index in [0.29, 0.717) is 0 Å². The van der Waals surface area contributed by atoms with Gasteiger partial charge in [-0.1, -0.05) is 78.1 Å². The minimum Gasteiger partial charge on any atom is -0.142 e. The molecule has 0 bridgehead atoms. The van der Waals surface area contributed by atoms with Gasteiger partial charge in [0.2, 0.25) is 0 Å². The standard InChI is InChI=1S/C38H42S6/c1-3-5-7-9-11-13-15-25-17-19-27(41-25)31-33-35-29(21-23-39-35)44-38(33)32(34-36-30(22-24-40-36)43-37(31)34)28-20-18-26(42-28)16-14-12-10-8-6-4-2/h17-24H,3-16H2,1-2H3. The predicted molar refractivity (Wildman–Crippen MR) is 209 cm³/mol. The second kappa shape index (κ2) is 14.5. The van der Waals surface area contributed by atoms with Crippen molar-refractivity contribution in [1.29, 1.82) is 0 Å². The molecular formula is C38H42S6. The Morgan fingerprint density at radius 1 is 0.432 bits per heavy atom. The molecule has 0 aliphatic carbocycles. The molecule has 0 aliphatic heterocycles. The van der Waals surface area contributed by atoms with Crippen LogP contribution in [0.2, 0.25) is 0 Å². The van der Waals surface area contributed by atoms with E-state index in [2.05, 4.69) is 83.7 Å². The number of rotatable bonds is 16. The van der Waals surface area contributed by atoms with Gasteiger partial charge in [0.15, 0.2) is 0 Å². The molecule has 0 radical (unpaired) electrons. The number of unbranched alkanes of at least 4 members (excludes halogenated alkanes) is 10. The summed E-state index contributed by atoms with van der Waals surface area (Å²) >= 11 is 12.0. The predicted octanol–water partition coefficient (Wildman–Crippen LogP) is 15.8. The van der Waals surface area contributed by atoms with Gasteiger partial charge in [-0.3, -0.25) is 0 Å². The number of hydrogen-bond donors (Lipinski definition) is 0. The summed E-state index contributed by atoms with van der Waals surface area (Å²) in [5, 5.41) is 7.61. The monoisotopic (exact) mass is 690 g/mol. The molecule has 0 saturated heterocycles. The molecule has 6 aromatic heterocycles. The summed E-state index contributed by atoms with van der Waals surface area (Å²) < 4.78 is 8.85. The summed E-state index contributed by atoms with van der Waals surface area (Å²) in [6, 6.07) is 14.5. The second-order valence-corrected chi connectivity index (χ2v) is 18.4. The maximum atomic E-state index is 2.44. The van der Waals surface area contributed by atoms with E-state index in [1.807, 2.05) is 45.3 Å². The fourth-order valence-corrected chi connectivity index (χ4v) is 13.8. The van der Waals surface area contributed by atoms with Crippen molar-refractivity contribution in [3.05, 3.63) is 56.9 Å². The van der Waals surface area contributed by atoms with E-state index in [0.717, 1.165) is 0 Å². The number of hydrogen-bond acceptors (Lipinski definition) is 6. The van der Waals surface area contributed by atoms with Crippen molar-refractivity contribution >= 4 is 107 Å². The first-order valence-electron chi connectivity index (χ1n) is 16.7. The zero-order chi connectivity index (χ0) is 29.9. The Hall–Kier alpha value is -1.54. The van der Waals surface area contributed by atoms with E-state index in [9.17, 15) is 0 Å². The lowest BCUT2D eigenvalue weighted by Crippen LogP contribution is -1.83. The normalized spacial score (nSPS) is 12.2. The lowest BCUT2D eigenvalue weighted by Gasteiger charge is -2.10. The van der Waals surface area contributed by atoms with E-state index in [1.165, 1.54) is 150 Å². The highest BCUT2D eigenvalue weighted by Crippen LogP contribution is 2.56. The van der Waals surface area contributed by atoms with Gasteiger partial charge in [0.1, 0.15) is 0 Å². The molecule has 0 spiro atoms.